The molecule has 2 rings (SSSR count). The predicted molar refractivity (Wildman–Crippen MR) is 63.2 cm³/mol. The van der Waals surface area contributed by atoms with Gasteiger partial charge in [-0.05, 0) is 18.1 Å². The first-order chi connectivity index (χ1) is 7.72. The van der Waals surface area contributed by atoms with E-state index >= 15 is 0 Å². The Morgan fingerprint density at radius 2 is 2.19 bits per heavy atom. The summed E-state index contributed by atoms with van der Waals surface area (Å²) < 4.78 is 4.72. The molecule has 84 valence electrons. The van der Waals surface area contributed by atoms with Crippen molar-refractivity contribution in [2.75, 3.05) is 7.11 Å². The van der Waals surface area contributed by atoms with Crippen LogP contribution in [0, 0.1) is 5.92 Å². The van der Waals surface area contributed by atoms with Crippen LogP contribution >= 0.6 is 0 Å². The number of aromatic nitrogens is 1. The van der Waals surface area contributed by atoms with Crippen LogP contribution in [-0.4, -0.2) is 18.1 Å². The van der Waals surface area contributed by atoms with Gasteiger partial charge in [0.05, 0.1) is 13.0 Å². The number of hydrogen-bond donors (Lipinski definition) is 1. The molecule has 0 aliphatic carbocycles. The molecule has 0 spiro atoms. The summed E-state index contributed by atoms with van der Waals surface area (Å²) in [5.41, 5.74) is 2.27. The molecular formula is C13H15NO2. The zero-order valence-corrected chi connectivity index (χ0v) is 9.49. The first-order valence-electron chi connectivity index (χ1n) is 5.35. The summed E-state index contributed by atoms with van der Waals surface area (Å²) in [7, 11) is 1.42. The average molecular weight is 217 g/mol. The van der Waals surface area contributed by atoms with Gasteiger partial charge in [0, 0.05) is 17.1 Å². The van der Waals surface area contributed by atoms with Crippen molar-refractivity contribution in [1.82, 2.24) is 4.98 Å². The van der Waals surface area contributed by atoms with E-state index < -0.39 is 0 Å². The van der Waals surface area contributed by atoms with E-state index in [0.29, 0.717) is 6.42 Å². The minimum atomic E-state index is -0.162. The molecule has 16 heavy (non-hydrogen) atoms. The SMILES string of the molecule is COC(=O)[C@@H](C)Cc1c[nH]c2ccccc12. The summed E-state index contributed by atoms with van der Waals surface area (Å²) in [6.45, 7) is 1.88. The lowest BCUT2D eigenvalue weighted by Crippen LogP contribution is -2.14. The average Bonchev–Trinajstić information content (AvgIpc) is 2.72. The maximum absolute atomic E-state index is 11.3. The number of fused-ring (bicyclic) bond motifs is 1. The number of nitrogens with one attached hydrogen (secondary N) is 1. The van der Waals surface area contributed by atoms with Crippen molar-refractivity contribution in [3.8, 4) is 0 Å². The van der Waals surface area contributed by atoms with Crippen molar-refractivity contribution < 1.29 is 9.53 Å². The molecule has 0 saturated heterocycles. The third-order valence-electron chi connectivity index (χ3n) is 2.80. The zero-order chi connectivity index (χ0) is 11.5. The van der Waals surface area contributed by atoms with E-state index in [1.807, 2.05) is 31.3 Å². The van der Waals surface area contributed by atoms with E-state index in [4.69, 9.17) is 4.74 Å². The lowest BCUT2D eigenvalue weighted by atomic mass is 10.0. The fourth-order valence-corrected chi connectivity index (χ4v) is 1.91. The third-order valence-corrected chi connectivity index (χ3v) is 2.80. The van der Waals surface area contributed by atoms with E-state index in [0.717, 1.165) is 11.1 Å². The van der Waals surface area contributed by atoms with E-state index in [-0.39, 0.29) is 11.9 Å². The lowest BCUT2D eigenvalue weighted by molar-refractivity contribution is -0.144. The number of carbonyl (C=O) groups is 1. The van der Waals surface area contributed by atoms with Crippen molar-refractivity contribution in [3.63, 3.8) is 0 Å². The third kappa shape index (κ3) is 1.94. The Kier molecular flexibility index (Phi) is 2.95. The standard InChI is InChI=1S/C13H15NO2/c1-9(13(15)16-2)7-10-8-14-12-6-4-3-5-11(10)12/h3-6,8-9,14H,7H2,1-2H3/t9-/m0/s1. The lowest BCUT2D eigenvalue weighted by Gasteiger charge is -2.07. The molecule has 1 aromatic heterocycles. The number of hydrogen-bond acceptors (Lipinski definition) is 2. The molecule has 1 N–H and O–H groups in total. The Bertz CT molecular complexity index is 501. The summed E-state index contributed by atoms with van der Waals surface area (Å²) in [4.78, 5) is 14.5. The number of aromatic amines is 1. The van der Waals surface area contributed by atoms with E-state index in [9.17, 15) is 4.79 Å². The molecule has 0 saturated carbocycles. The molecule has 0 radical (unpaired) electrons. The van der Waals surface area contributed by atoms with Gasteiger partial charge in [-0.3, -0.25) is 4.79 Å². The number of H-pyrrole nitrogens is 1. The zero-order valence-electron chi connectivity index (χ0n) is 9.49. The topological polar surface area (TPSA) is 42.1 Å². The van der Waals surface area contributed by atoms with Crippen molar-refractivity contribution in [2.24, 2.45) is 5.92 Å². The number of methoxy groups -OCH3 is 1. The van der Waals surface area contributed by atoms with Crippen molar-refractivity contribution in [3.05, 3.63) is 36.0 Å². The monoisotopic (exact) mass is 217 g/mol. The first kappa shape index (κ1) is 10.7. The normalized spacial score (nSPS) is 12.6. The molecule has 1 atom stereocenters. The van der Waals surface area contributed by atoms with Crippen LogP contribution < -0.4 is 0 Å². The summed E-state index contributed by atoms with van der Waals surface area (Å²) in [6, 6.07) is 8.08. The molecule has 0 aliphatic rings. The molecular weight excluding hydrogens is 202 g/mol. The maximum Gasteiger partial charge on any atom is 0.308 e. The highest BCUT2D eigenvalue weighted by atomic mass is 16.5. The van der Waals surface area contributed by atoms with Gasteiger partial charge in [0.15, 0.2) is 0 Å². The van der Waals surface area contributed by atoms with Crippen LogP contribution in [0.15, 0.2) is 30.5 Å². The second-order valence-corrected chi connectivity index (χ2v) is 3.99. The Morgan fingerprint density at radius 1 is 1.44 bits per heavy atom. The number of esters is 1. The summed E-state index contributed by atoms with van der Waals surface area (Å²) >= 11 is 0. The molecule has 0 fully saturated rings. The van der Waals surface area contributed by atoms with Crippen LogP contribution in [0.5, 0.6) is 0 Å². The smallest absolute Gasteiger partial charge is 0.308 e. The summed E-state index contributed by atoms with van der Waals surface area (Å²) in [6.07, 6.45) is 2.67. The molecule has 3 heteroatoms. The molecule has 0 unspecified atom stereocenters. The summed E-state index contributed by atoms with van der Waals surface area (Å²) in [5, 5.41) is 1.18. The Hall–Kier alpha value is -1.77. The Labute approximate surface area is 94.4 Å². The van der Waals surface area contributed by atoms with Crippen LogP contribution in [0.1, 0.15) is 12.5 Å². The quantitative estimate of drug-likeness (QED) is 0.803. The minimum absolute atomic E-state index is 0.107. The van der Waals surface area contributed by atoms with E-state index in [1.165, 1.54) is 12.5 Å². The molecule has 1 heterocycles. The van der Waals surface area contributed by atoms with Gasteiger partial charge < -0.3 is 9.72 Å². The predicted octanol–water partition coefficient (Wildman–Crippen LogP) is 2.52. The van der Waals surface area contributed by atoms with Gasteiger partial charge in [-0.2, -0.15) is 0 Å². The van der Waals surface area contributed by atoms with Gasteiger partial charge in [0.1, 0.15) is 0 Å². The molecule has 3 nitrogen and oxygen atoms in total. The summed E-state index contributed by atoms with van der Waals surface area (Å²) in [5.74, 6) is -0.269. The fraction of sp³-hybridized carbons (Fsp3) is 0.308. The van der Waals surface area contributed by atoms with Crippen LogP contribution in [0.4, 0.5) is 0 Å². The largest absolute Gasteiger partial charge is 0.469 e. The van der Waals surface area contributed by atoms with Crippen molar-refractivity contribution >= 4 is 16.9 Å². The second-order valence-electron chi connectivity index (χ2n) is 3.99. The van der Waals surface area contributed by atoms with Gasteiger partial charge in [-0.15, -0.1) is 0 Å². The molecule has 0 aliphatic heterocycles. The van der Waals surface area contributed by atoms with E-state index in [1.54, 1.807) is 0 Å². The van der Waals surface area contributed by atoms with E-state index in [2.05, 4.69) is 11.1 Å². The fourth-order valence-electron chi connectivity index (χ4n) is 1.91. The van der Waals surface area contributed by atoms with Gasteiger partial charge >= 0.3 is 5.97 Å². The van der Waals surface area contributed by atoms with Crippen LogP contribution in [0.3, 0.4) is 0 Å². The number of para-hydroxylation sites is 1. The molecule has 0 amide bonds. The van der Waals surface area contributed by atoms with Crippen LogP contribution in [-0.2, 0) is 16.0 Å². The number of ether oxygens (including phenoxy) is 1. The highest BCUT2D eigenvalue weighted by Crippen LogP contribution is 2.20. The van der Waals surface area contributed by atoms with Crippen LogP contribution in [0.25, 0.3) is 10.9 Å². The molecule has 2 aromatic rings. The Morgan fingerprint density at radius 3 is 2.94 bits per heavy atom. The second kappa shape index (κ2) is 4.39. The molecule has 1 aromatic carbocycles. The van der Waals surface area contributed by atoms with Crippen molar-refractivity contribution in [2.45, 2.75) is 13.3 Å². The number of rotatable bonds is 3. The maximum atomic E-state index is 11.3. The molecule has 0 bridgehead atoms. The first-order valence-corrected chi connectivity index (χ1v) is 5.35. The minimum Gasteiger partial charge on any atom is -0.469 e. The van der Waals surface area contributed by atoms with Gasteiger partial charge in [0.2, 0.25) is 0 Å². The Balaban J connectivity index is 2.24. The number of carbonyl (C=O) groups excluding carboxylic acids is 1. The highest BCUT2D eigenvalue weighted by molar-refractivity contribution is 5.83. The van der Waals surface area contributed by atoms with Gasteiger partial charge in [0.25, 0.3) is 0 Å². The highest BCUT2D eigenvalue weighted by Gasteiger charge is 2.15. The van der Waals surface area contributed by atoms with Gasteiger partial charge in [-0.1, -0.05) is 25.1 Å². The van der Waals surface area contributed by atoms with Crippen LogP contribution in [0.2, 0.25) is 0 Å². The van der Waals surface area contributed by atoms with Gasteiger partial charge in [-0.25, -0.2) is 0 Å². The van der Waals surface area contributed by atoms with Crippen molar-refractivity contribution in [1.29, 1.82) is 0 Å². The number of benzene rings is 1.